The third kappa shape index (κ3) is 4.84. The lowest BCUT2D eigenvalue weighted by Gasteiger charge is -2.15. The minimum Gasteiger partial charge on any atom is -0.333 e. The molecule has 0 fully saturated rings. The van der Waals surface area contributed by atoms with Crippen LogP contribution in [0.2, 0.25) is 0 Å². The number of thiophene rings is 1. The Morgan fingerprint density at radius 1 is 1.44 bits per heavy atom. The van der Waals surface area contributed by atoms with E-state index in [2.05, 4.69) is 18.4 Å². The molecule has 1 unspecified atom stereocenters. The molecule has 1 atom stereocenters. The molecule has 5 heteroatoms. The van der Waals surface area contributed by atoms with Gasteiger partial charge in [0.2, 0.25) is 0 Å². The summed E-state index contributed by atoms with van der Waals surface area (Å²) in [6.45, 7) is 4.72. The van der Waals surface area contributed by atoms with Crippen LogP contribution in [0.15, 0.2) is 15.7 Å². The van der Waals surface area contributed by atoms with E-state index in [9.17, 15) is 0 Å². The molecule has 16 heavy (non-hydrogen) atoms. The molecule has 1 rings (SSSR count). The first-order valence-electron chi connectivity index (χ1n) is 5.20. The van der Waals surface area contributed by atoms with Crippen molar-refractivity contribution in [2.45, 2.75) is 24.5 Å². The minimum atomic E-state index is -0.532. The van der Waals surface area contributed by atoms with Crippen molar-refractivity contribution in [3.05, 3.63) is 17.0 Å². The van der Waals surface area contributed by atoms with Gasteiger partial charge < -0.3 is 14.2 Å². The lowest BCUT2D eigenvalue weighted by Crippen LogP contribution is -2.20. The standard InChI is InChI=1S/C11H18O3S2/c1-4-13-11(12-3)14-6-8-16-10-9(2)5-7-15-10/h5,7,11H,4,6,8H2,1-3H3. The Balaban J connectivity index is 2.14. The summed E-state index contributed by atoms with van der Waals surface area (Å²) in [5.74, 6) is 0.911. The van der Waals surface area contributed by atoms with E-state index in [1.165, 1.54) is 9.77 Å². The van der Waals surface area contributed by atoms with Crippen molar-refractivity contribution in [2.75, 3.05) is 26.1 Å². The van der Waals surface area contributed by atoms with Crippen molar-refractivity contribution in [3.8, 4) is 0 Å². The molecular formula is C11H18O3S2. The number of thioether (sulfide) groups is 1. The molecule has 0 aromatic carbocycles. The molecule has 0 spiro atoms. The summed E-state index contributed by atoms with van der Waals surface area (Å²) in [5.41, 5.74) is 1.34. The van der Waals surface area contributed by atoms with E-state index < -0.39 is 6.48 Å². The maximum absolute atomic E-state index is 5.41. The van der Waals surface area contributed by atoms with E-state index in [4.69, 9.17) is 14.2 Å². The number of methoxy groups -OCH3 is 1. The molecule has 0 aliphatic carbocycles. The van der Waals surface area contributed by atoms with Crippen molar-refractivity contribution in [2.24, 2.45) is 0 Å². The van der Waals surface area contributed by atoms with Crippen LogP contribution in [-0.4, -0.2) is 32.6 Å². The monoisotopic (exact) mass is 262 g/mol. The van der Waals surface area contributed by atoms with Crippen LogP contribution in [0, 0.1) is 6.92 Å². The Labute approximate surface area is 105 Å². The van der Waals surface area contributed by atoms with E-state index in [-0.39, 0.29) is 0 Å². The molecule has 0 bridgehead atoms. The summed E-state index contributed by atoms with van der Waals surface area (Å²) >= 11 is 3.58. The van der Waals surface area contributed by atoms with E-state index >= 15 is 0 Å². The lowest BCUT2D eigenvalue weighted by atomic mass is 10.4. The average Bonchev–Trinajstić information content (AvgIpc) is 2.69. The van der Waals surface area contributed by atoms with Crippen LogP contribution >= 0.6 is 23.1 Å². The fourth-order valence-electron chi connectivity index (χ4n) is 1.11. The van der Waals surface area contributed by atoms with E-state index in [0.717, 1.165) is 5.75 Å². The number of hydrogen-bond acceptors (Lipinski definition) is 5. The van der Waals surface area contributed by atoms with Gasteiger partial charge >= 0.3 is 0 Å². The van der Waals surface area contributed by atoms with Gasteiger partial charge in [-0.05, 0) is 30.9 Å². The first-order chi connectivity index (χ1) is 7.77. The first-order valence-corrected chi connectivity index (χ1v) is 7.07. The predicted molar refractivity (Wildman–Crippen MR) is 68.2 cm³/mol. The maximum atomic E-state index is 5.41. The van der Waals surface area contributed by atoms with Gasteiger partial charge in [-0.15, -0.1) is 23.1 Å². The van der Waals surface area contributed by atoms with Gasteiger partial charge in [0.15, 0.2) is 0 Å². The van der Waals surface area contributed by atoms with E-state index in [1.807, 2.05) is 6.92 Å². The highest BCUT2D eigenvalue weighted by Gasteiger charge is 2.06. The van der Waals surface area contributed by atoms with Crippen molar-refractivity contribution in [3.63, 3.8) is 0 Å². The van der Waals surface area contributed by atoms with E-state index in [0.29, 0.717) is 13.2 Å². The van der Waals surface area contributed by atoms with Crippen molar-refractivity contribution in [1.29, 1.82) is 0 Å². The van der Waals surface area contributed by atoms with Gasteiger partial charge in [-0.1, -0.05) is 0 Å². The van der Waals surface area contributed by atoms with Gasteiger partial charge in [0.25, 0.3) is 6.48 Å². The van der Waals surface area contributed by atoms with Crippen molar-refractivity contribution >= 4 is 23.1 Å². The maximum Gasteiger partial charge on any atom is 0.271 e. The second-order valence-electron chi connectivity index (χ2n) is 3.09. The van der Waals surface area contributed by atoms with Crippen LogP contribution in [0.1, 0.15) is 12.5 Å². The Kier molecular flexibility index (Phi) is 7.07. The summed E-state index contributed by atoms with van der Waals surface area (Å²) < 4.78 is 17.0. The van der Waals surface area contributed by atoms with Gasteiger partial charge in [0, 0.05) is 19.5 Å². The van der Waals surface area contributed by atoms with Crippen molar-refractivity contribution < 1.29 is 14.2 Å². The predicted octanol–water partition coefficient (Wildman–Crippen LogP) is 3.13. The Hall–Kier alpha value is -0.0700. The Morgan fingerprint density at radius 2 is 2.25 bits per heavy atom. The first kappa shape index (κ1) is 14.0. The summed E-state index contributed by atoms with van der Waals surface area (Å²) in [4.78, 5) is 0. The highest BCUT2D eigenvalue weighted by molar-refractivity contribution is 8.01. The van der Waals surface area contributed by atoms with Crippen LogP contribution in [0.5, 0.6) is 0 Å². The van der Waals surface area contributed by atoms with Gasteiger partial charge in [-0.25, -0.2) is 0 Å². The van der Waals surface area contributed by atoms with Gasteiger partial charge in [-0.3, -0.25) is 0 Å². The SMILES string of the molecule is CCOC(OC)OCCSc1sccc1C. The molecular weight excluding hydrogens is 244 g/mol. The normalized spacial score (nSPS) is 12.9. The van der Waals surface area contributed by atoms with Crippen LogP contribution in [0.4, 0.5) is 0 Å². The Bertz CT molecular complexity index is 289. The molecule has 1 aromatic heterocycles. The quantitative estimate of drug-likeness (QED) is 0.409. The third-order valence-electron chi connectivity index (χ3n) is 1.88. The highest BCUT2D eigenvalue weighted by atomic mass is 32.2. The lowest BCUT2D eigenvalue weighted by molar-refractivity contribution is -0.272. The molecule has 0 aliphatic rings. The molecule has 3 nitrogen and oxygen atoms in total. The molecule has 0 saturated carbocycles. The second-order valence-corrected chi connectivity index (χ2v) is 5.37. The number of hydrogen-bond donors (Lipinski definition) is 0. The van der Waals surface area contributed by atoms with Crippen LogP contribution in [0.25, 0.3) is 0 Å². The zero-order valence-electron chi connectivity index (χ0n) is 9.89. The fraction of sp³-hybridized carbons (Fsp3) is 0.636. The second kappa shape index (κ2) is 8.08. The van der Waals surface area contributed by atoms with Gasteiger partial charge in [0.1, 0.15) is 0 Å². The summed E-state index contributed by atoms with van der Waals surface area (Å²) in [6, 6.07) is 2.13. The van der Waals surface area contributed by atoms with E-state index in [1.54, 1.807) is 30.2 Å². The summed E-state index contributed by atoms with van der Waals surface area (Å²) in [7, 11) is 1.58. The molecule has 0 radical (unpaired) electrons. The summed E-state index contributed by atoms with van der Waals surface area (Å²) in [5, 5.41) is 2.11. The molecule has 1 heterocycles. The molecule has 0 saturated heterocycles. The van der Waals surface area contributed by atoms with Crippen LogP contribution in [0.3, 0.4) is 0 Å². The molecule has 92 valence electrons. The average molecular weight is 262 g/mol. The Morgan fingerprint density at radius 3 is 2.81 bits per heavy atom. The smallest absolute Gasteiger partial charge is 0.271 e. The zero-order chi connectivity index (χ0) is 11.8. The van der Waals surface area contributed by atoms with Gasteiger partial charge in [0.05, 0.1) is 10.8 Å². The third-order valence-corrected chi connectivity index (χ3v) is 4.29. The number of ether oxygens (including phenoxy) is 3. The van der Waals surface area contributed by atoms with Crippen LogP contribution < -0.4 is 0 Å². The largest absolute Gasteiger partial charge is 0.333 e. The van der Waals surface area contributed by atoms with Crippen molar-refractivity contribution in [1.82, 2.24) is 0 Å². The molecule has 0 amide bonds. The number of rotatable bonds is 8. The molecule has 0 aliphatic heterocycles. The minimum absolute atomic E-state index is 0.532. The fourth-order valence-corrected chi connectivity index (χ4v) is 3.10. The molecule has 1 aromatic rings. The topological polar surface area (TPSA) is 27.7 Å². The summed E-state index contributed by atoms with van der Waals surface area (Å²) in [6.07, 6.45) is 0. The van der Waals surface area contributed by atoms with Gasteiger partial charge in [-0.2, -0.15) is 0 Å². The molecule has 0 N–H and O–H groups in total. The number of aryl methyl sites for hydroxylation is 1. The van der Waals surface area contributed by atoms with Crippen LogP contribution in [-0.2, 0) is 14.2 Å². The highest BCUT2D eigenvalue weighted by Crippen LogP contribution is 2.27. The zero-order valence-corrected chi connectivity index (χ0v) is 11.5.